The van der Waals surface area contributed by atoms with E-state index in [0.717, 1.165) is 17.7 Å². The van der Waals surface area contributed by atoms with Gasteiger partial charge in [0, 0.05) is 17.8 Å². The third kappa shape index (κ3) is 7.01. The zero-order chi connectivity index (χ0) is 19.6. The molecule has 6 heteroatoms. The van der Waals surface area contributed by atoms with Crippen molar-refractivity contribution < 1.29 is 19.1 Å². The molecule has 0 radical (unpaired) electrons. The molecule has 0 aliphatic carbocycles. The predicted octanol–water partition coefficient (Wildman–Crippen LogP) is 4.01. The standard InChI is InChI=1S/C21H26N2O4/c1-4-26-21(25)23-18-9-7-17(8-10-18)20(24)22-14-13-16-5-11-19(12-6-16)27-15(2)3/h5-12,15H,4,13-14H2,1-3H3,(H,22,24)(H,23,25). The summed E-state index contributed by atoms with van der Waals surface area (Å²) in [6.07, 6.45) is 0.365. The molecule has 0 bridgehead atoms. The maximum atomic E-state index is 12.2. The number of amides is 2. The van der Waals surface area contributed by atoms with Crippen LogP contribution in [0.1, 0.15) is 36.7 Å². The molecule has 2 N–H and O–H groups in total. The van der Waals surface area contributed by atoms with E-state index in [2.05, 4.69) is 10.6 Å². The summed E-state index contributed by atoms with van der Waals surface area (Å²) in [7, 11) is 0. The lowest BCUT2D eigenvalue weighted by Crippen LogP contribution is -2.25. The lowest BCUT2D eigenvalue weighted by atomic mass is 10.1. The molecule has 0 heterocycles. The second-order valence-electron chi connectivity index (χ2n) is 6.24. The van der Waals surface area contributed by atoms with Crippen LogP contribution in [0.2, 0.25) is 0 Å². The van der Waals surface area contributed by atoms with Crippen LogP contribution in [-0.2, 0) is 11.2 Å². The fraction of sp³-hybridized carbons (Fsp3) is 0.333. The lowest BCUT2D eigenvalue weighted by molar-refractivity contribution is 0.0954. The van der Waals surface area contributed by atoms with Crippen LogP contribution < -0.4 is 15.4 Å². The van der Waals surface area contributed by atoms with Gasteiger partial charge in [-0.3, -0.25) is 10.1 Å². The van der Waals surface area contributed by atoms with Crippen molar-refractivity contribution in [2.24, 2.45) is 0 Å². The third-order valence-electron chi connectivity index (χ3n) is 3.66. The van der Waals surface area contributed by atoms with Gasteiger partial charge in [0.05, 0.1) is 12.7 Å². The highest BCUT2D eigenvalue weighted by molar-refractivity contribution is 5.95. The number of hydrogen-bond donors (Lipinski definition) is 2. The van der Waals surface area contributed by atoms with E-state index in [1.165, 1.54) is 0 Å². The number of carbonyl (C=O) groups excluding carboxylic acids is 2. The molecule has 0 saturated heterocycles. The molecule has 0 fully saturated rings. The Labute approximate surface area is 159 Å². The molecule has 0 aliphatic heterocycles. The van der Waals surface area contributed by atoms with Gasteiger partial charge in [-0.05, 0) is 69.2 Å². The van der Waals surface area contributed by atoms with Crippen molar-refractivity contribution in [1.29, 1.82) is 0 Å². The first-order valence-electron chi connectivity index (χ1n) is 9.05. The third-order valence-corrected chi connectivity index (χ3v) is 3.66. The predicted molar refractivity (Wildman–Crippen MR) is 105 cm³/mol. The van der Waals surface area contributed by atoms with Crippen molar-refractivity contribution in [2.75, 3.05) is 18.5 Å². The highest BCUT2D eigenvalue weighted by atomic mass is 16.5. The van der Waals surface area contributed by atoms with Crippen molar-refractivity contribution in [1.82, 2.24) is 5.32 Å². The maximum absolute atomic E-state index is 12.2. The normalized spacial score (nSPS) is 10.4. The van der Waals surface area contributed by atoms with E-state index in [0.29, 0.717) is 24.4 Å². The summed E-state index contributed by atoms with van der Waals surface area (Å²) < 4.78 is 10.4. The van der Waals surface area contributed by atoms with Gasteiger partial charge in [-0.25, -0.2) is 4.79 Å². The van der Waals surface area contributed by atoms with E-state index in [1.54, 1.807) is 31.2 Å². The van der Waals surface area contributed by atoms with Crippen LogP contribution in [-0.4, -0.2) is 31.3 Å². The van der Waals surface area contributed by atoms with Gasteiger partial charge < -0.3 is 14.8 Å². The Kier molecular flexibility index (Phi) is 7.67. The molecule has 27 heavy (non-hydrogen) atoms. The van der Waals surface area contributed by atoms with Crippen LogP contribution in [0, 0.1) is 0 Å². The Balaban J connectivity index is 1.79. The van der Waals surface area contributed by atoms with E-state index >= 15 is 0 Å². The summed E-state index contributed by atoms with van der Waals surface area (Å²) >= 11 is 0. The molecular formula is C21H26N2O4. The van der Waals surface area contributed by atoms with E-state index in [1.807, 2.05) is 38.1 Å². The van der Waals surface area contributed by atoms with Crippen molar-refractivity contribution in [3.05, 3.63) is 59.7 Å². The second kappa shape index (κ2) is 10.2. The molecule has 0 spiro atoms. The molecule has 2 aromatic rings. The molecule has 144 valence electrons. The summed E-state index contributed by atoms with van der Waals surface area (Å²) in [5, 5.41) is 5.48. The van der Waals surface area contributed by atoms with Crippen LogP contribution in [0.5, 0.6) is 5.75 Å². The number of carbonyl (C=O) groups is 2. The van der Waals surface area contributed by atoms with Crippen LogP contribution in [0.15, 0.2) is 48.5 Å². The Morgan fingerprint density at radius 1 is 1.00 bits per heavy atom. The number of anilines is 1. The first-order valence-corrected chi connectivity index (χ1v) is 9.05. The highest BCUT2D eigenvalue weighted by Crippen LogP contribution is 2.14. The smallest absolute Gasteiger partial charge is 0.411 e. The Hall–Kier alpha value is -3.02. The van der Waals surface area contributed by atoms with E-state index in [9.17, 15) is 9.59 Å². The average Bonchev–Trinajstić information content (AvgIpc) is 2.63. The summed E-state index contributed by atoms with van der Waals surface area (Å²) in [6.45, 7) is 6.55. The molecule has 0 aromatic heterocycles. The van der Waals surface area contributed by atoms with E-state index in [-0.39, 0.29) is 12.0 Å². The summed E-state index contributed by atoms with van der Waals surface area (Å²) in [5.41, 5.74) is 2.24. The van der Waals surface area contributed by atoms with Gasteiger partial charge in [0.1, 0.15) is 5.75 Å². The number of hydrogen-bond acceptors (Lipinski definition) is 4. The van der Waals surface area contributed by atoms with Gasteiger partial charge in [-0.15, -0.1) is 0 Å². The quantitative estimate of drug-likeness (QED) is 0.736. The maximum Gasteiger partial charge on any atom is 0.411 e. The SMILES string of the molecule is CCOC(=O)Nc1ccc(C(=O)NCCc2ccc(OC(C)C)cc2)cc1. The van der Waals surface area contributed by atoms with E-state index < -0.39 is 6.09 Å². The molecule has 0 aliphatic rings. The minimum atomic E-state index is -0.514. The zero-order valence-electron chi connectivity index (χ0n) is 16.0. The van der Waals surface area contributed by atoms with Gasteiger partial charge in [0.25, 0.3) is 5.91 Å². The average molecular weight is 370 g/mol. The van der Waals surface area contributed by atoms with Crippen LogP contribution in [0.25, 0.3) is 0 Å². The monoisotopic (exact) mass is 370 g/mol. The number of nitrogens with one attached hydrogen (secondary N) is 2. The van der Waals surface area contributed by atoms with Crippen molar-refractivity contribution in [3.8, 4) is 5.75 Å². The topological polar surface area (TPSA) is 76.7 Å². The fourth-order valence-corrected chi connectivity index (χ4v) is 2.42. The largest absolute Gasteiger partial charge is 0.491 e. The van der Waals surface area contributed by atoms with Crippen LogP contribution >= 0.6 is 0 Å². The van der Waals surface area contributed by atoms with Gasteiger partial charge in [0.2, 0.25) is 0 Å². The zero-order valence-corrected chi connectivity index (χ0v) is 16.0. The molecule has 0 unspecified atom stereocenters. The van der Waals surface area contributed by atoms with Crippen LogP contribution in [0.4, 0.5) is 10.5 Å². The Morgan fingerprint density at radius 2 is 1.67 bits per heavy atom. The highest BCUT2D eigenvalue weighted by Gasteiger charge is 2.07. The molecule has 0 saturated carbocycles. The van der Waals surface area contributed by atoms with Gasteiger partial charge in [-0.1, -0.05) is 12.1 Å². The lowest BCUT2D eigenvalue weighted by Gasteiger charge is -2.10. The van der Waals surface area contributed by atoms with Crippen molar-refractivity contribution in [2.45, 2.75) is 33.3 Å². The fourth-order valence-electron chi connectivity index (χ4n) is 2.42. The summed E-state index contributed by atoms with van der Waals surface area (Å²) in [6, 6.07) is 14.5. The molecule has 0 atom stereocenters. The Bertz CT molecular complexity index is 740. The second-order valence-corrected chi connectivity index (χ2v) is 6.24. The summed E-state index contributed by atoms with van der Waals surface area (Å²) in [5.74, 6) is 0.687. The molecule has 2 rings (SSSR count). The minimum Gasteiger partial charge on any atom is -0.491 e. The van der Waals surface area contributed by atoms with Crippen LogP contribution in [0.3, 0.4) is 0 Å². The van der Waals surface area contributed by atoms with Gasteiger partial charge >= 0.3 is 6.09 Å². The Morgan fingerprint density at radius 3 is 2.26 bits per heavy atom. The van der Waals surface area contributed by atoms with Crippen molar-refractivity contribution >= 4 is 17.7 Å². The molecule has 6 nitrogen and oxygen atoms in total. The first-order chi connectivity index (χ1) is 13.0. The number of benzene rings is 2. The molecular weight excluding hydrogens is 344 g/mol. The van der Waals surface area contributed by atoms with Crippen molar-refractivity contribution in [3.63, 3.8) is 0 Å². The van der Waals surface area contributed by atoms with Gasteiger partial charge in [0.15, 0.2) is 0 Å². The number of ether oxygens (including phenoxy) is 2. The molecule has 2 aromatic carbocycles. The summed E-state index contributed by atoms with van der Waals surface area (Å²) in [4.78, 5) is 23.6. The number of rotatable bonds is 8. The minimum absolute atomic E-state index is 0.147. The van der Waals surface area contributed by atoms with Gasteiger partial charge in [-0.2, -0.15) is 0 Å². The first kappa shape index (κ1) is 20.3. The molecule has 2 amide bonds. The van der Waals surface area contributed by atoms with E-state index in [4.69, 9.17) is 9.47 Å².